The first kappa shape index (κ1) is 14.8. The van der Waals surface area contributed by atoms with Crippen LogP contribution in [0.4, 0.5) is 0 Å². The van der Waals surface area contributed by atoms with Crippen LogP contribution < -0.4 is 5.32 Å². The van der Waals surface area contributed by atoms with Gasteiger partial charge in [-0.3, -0.25) is 9.48 Å². The van der Waals surface area contributed by atoms with E-state index in [2.05, 4.69) is 31.4 Å². The highest BCUT2D eigenvalue weighted by molar-refractivity contribution is 9.10. The fourth-order valence-electron chi connectivity index (χ4n) is 1.84. The van der Waals surface area contributed by atoms with E-state index in [-0.39, 0.29) is 5.91 Å². The van der Waals surface area contributed by atoms with Gasteiger partial charge in [0.05, 0.1) is 15.9 Å². The Morgan fingerprint density at radius 2 is 2.15 bits per heavy atom. The summed E-state index contributed by atoms with van der Waals surface area (Å²) >= 11 is 3.49. The third-order valence-corrected chi connectivity index (χ3v) is 4.13. The molecule has 0 fully saturated rings. The van der Waals surface area contributed by atoms with Gasteiger partial charge in [0.2, 0.25) is 0 Å². The van der Waals surface area contributed by atoms with Gasteiger partial charge in [0.1, 0.15) is 12.4 Å². The quantitative estimate of drug-likeness (QED) is 0.907. The Hall–Kier alpha value is -1.63. The number of hydrogen-bond donors (Lipinski definition) is 1. The molecule has 108 valence electrons. The molecule has 2 aromatic rings. The lowest BCUT2D eigenvalue weighted by atomic mass is 10.4. The zero-order chi connectivity index (χ0) is 14.7. The van der Waals surface area contributed by atoms with Crippen LogP contribution in [0, 0.1) is 13.8 Å². The number of carbonyl (C=O) groups is 1. The maximum atomic E-state index is 11.8. The Morgan fingerprint density at radius 1 is 1.40 bits per heavy atom. The van der Waals surface area contributed by atoms with Crippen LogP contribution in [-0.4, -0.2) is 32.0 Å². The lowest BCUT2D eigenvalue weighted by Gasteiger charge is -2.04. The van der Waals surface area contributed by atoms with Crippen LogP contribution >= 0.6 is 15.9 Å². The SMILES string of the molecule is CCCNC(=O)c1ccn(Cn2nc(C)c(Br)c2C)n1. The van der Waals surface area contributed by atoms with E-state index in [4.69, 9.17) is 0 Å². The van der Waals surface area contributed by atoms with Crippen molar-refractivity contribution in [1.29, 1.82) is 0 Å². The molecule has 1 amide bonds. The summed E-state index contributed by atoms with van der Waals surface area (Å²) in [5, 5.41) is 11.5. The number of amides is 1. The lowest BCUT2D eigenvalue weighted by molar-refractivity contribution is 0.0947. The fraction of sp³-hybridized carbons (Fsp3) is 0.462. The first-order chi connectivity index (χ1) is 9.52. The molecule has 2 rings (SSSR count). The second-order valence-electron chi connectivity index (χ2n) is 4.62. The van der Waals surface area contributed by atoms with Crippen LogP contribution in [0.2, 0.25) is 0 Å². The standard InChI is InChI=1S/C13H18BrN5O/c1-4-6-15-13(20)11-5-7-18(17-11)8-19-10(3)12(14)9(2)16-19/h5,7H,4,6,8H2,1-3H3,(H,15,20). The van der Waals surface area contributed by atoms with Crippen molar-refractivity contribution < 1.29 is 4.79 Å². The average Bonchev–Trinajstić information content (AvgIpc) is 2.98. The number of nitrogens with one attached hydrogen (secondary N) is 1. The minimum Gasteiger partial charge on any atom is -0.351 e. The molecule has 0 aliphatic rings. The van der Waals surface area contributed by atoms with Crippen molar-refractivity contribution in [1.82, 2.24) is 24.9 Å². The van der Waals surface area contributed by atoms with Crippen molar-refractivity contribution in [3.63, 3.8) is 0 Å². The zero-order valence-corrected chi connectivity index (χ0v) is 13.4. The maximum Gasteiger partial charge on any atom is 0.271 e. The van der Waals surface area contributed by atoms with E-state index in [9.17, 15) is 4.79 Å². The zero-order valence-electron chi connectivity index (χ0n) is 11.9. The van der Waals surface area contributed by atoms with Gasteiger partial charge in [0.25, 0.3) is 5.91 Å². The second-order valence-corrected chi connectivity index (χ2v) is 5.42. The molecule has 20 heavy (non-hydrogen) atoms. The number of rotatable bonds is 5. The largest absolute Gasteiger partial charge is 0.351 e. The molecule has 2 aromatic heterocycles. The molecule has 0 aliphatic carbocycles. The molecule has 0 unspecified atom stereocenters. The highest BCUT2D eigenvalue weighted by atomic mass is 79.9. The maximum absolute atomic E-state index is 11.8. The minimum absolute atomic E-state index is 0.139. The van der Waals surface area contributed by atoms with Gasteiger partial charge >= 0.3 is 0 Å². The number of halogens is 1. The van der Waals surface area contributed by atoms with Crippen LogP contribution in [0.5, 0.6) is 0 Å². The predicted molar refractivity (Wildman–Crippen MR) is 79.7 cm³/mol. The van der Waals surface area contributed by atoms with Crippen molar-refractivity contribution >= 4 is 21.8 Å². The number of nitrogens with zero attached hydrogens (tertiary/aromatic N) is 4. The molecular weight excluding hydrogens is 322 g/mol. The third kappa shape index (κ3) is 3.09. The third-order valence-electron chi connectivity index (χ3n) is 2.98. The molecule has 0 bridgehead atoms. The molecule has 6 nitrogen and oxygen atoms in total. The van der Waals surface area contributed by atoms with E-state index >= 15 is 0 Å². The van der Waals surface area contributed by atoms with Gasteiger partial charge in [-0.1, -0.05) is 6.92 Å². The van der Waals surface area contributed by atoms with E-state index in [0.717, 1.165) is 22.3 Å². The van der Waals surface area contributed by atoms with Crippen LogP contribution in [0.25, 0.3) is 0 Å². The monoisotopic (exact) mass is 339 g/mol. The van der Waals surface area contributed by atoms with Crippen molar-refractivity contribution in [2.24, 2.45) is 0 Å². The molecule has 0 radical (unpaired) electrons. The van der Waals surface area contributed by atoms with Crippen molar-refractivity contribution in [2.75, 3.05) is 6.54 Å². The van der Waals surface area contributed by atoms with Gasteiger partial charge in [0.15, 0.2) is 0 Å². The summed E-state index contributed by atoms with van der Waals surface area (Å²) in [6.45, 7) is 7.09. The fourth-order valence-corrected chi connectivity index (χ4v) is 2.12. The second kappa shape index (κ2) is 6.21. The van der Waals surface area contributed by atoms with E-state index in [1.54, 1.807) is 16.9 Å². The molecule has 7 heteroatoms. The predicted octanol–water partition coefficient (Wildman–Crippen LogP) is 2.10. The molecule has 1 N–H and O–H groups in total. The molecule has 0 aliphatic heterocycles. The van der Waals surface area contributed by atoms with E-state index in [0.29, 0.717) is 18.9 Å². The highest BCUT2D eigenvalue weighted by Gasteiger charge is 2.11. The summed E-state index contributed by atoms with van der Waals surface area (Å²) in [4.78, 5) is 11.8. The minimum atomic E-state index is -0.139. The van der Waals surface area contributed by atoms with Gasteiger partial charge in [-0.15, -0.1) is 0 Å². The van der Waals surface area contributed by atoms with E-state index in [1.807, 2.05) is 25.5 Å². The summed E-state index contributed by atoms with van der Waals surface area (Å²) in [6.07, 6.45) is 2.69. The Labute approximate surface area is 126 Å². The molecule has 0 saturated heterocycles. The number of aromatic nitrogens is 4. The highest BCUT2D eigenvalue weighted by Crippen LogP contribution is 2.19. The van der Waals surface area contributed by atoms with Gasteiger partial charge in [-0.05, 0) is 42.3 Å². The number of carbonyl (C=O) groups excluding carboxylic acids is 1. The van der Waals surface area contributed by atoms with Crippen LogP contribution in [-0.2, 0) is 6.67 Å². The number of aryl methyl sites for hydroxylation is 1. The van der Waals surface area contributed by atoms with E-state index in [1.165, 1.54) is 0 Å². The van der Waals surface area contributed by atoms with Gasteiger partial charge in [0, 0.05) is 12.7 Å². The van der Waals surface area contributed by atoms with Crippen molar-refractivity contribution in [3.8, 4) is 0 Å². The molecule has 0 aromatic carbocycles. The first-order valence-corrected chi connectivity index (χ1v) is 7.33. The molecular formula is C13H18BrN5O. The summed E-state index contributed by atoms with van der Waals surface area (Å²) in [5.41, 5.74) is 2.41. The topological polar surface area (TPSA) is 64.7 Å². The Balaban J connectivity index is 2.09. The Kier molecular flexibility index (Phi) is 4.59. The molecule has 0 spiro atoms. The first-order valence-electron chi connectivity index (χ1n) is 6.54. The van der Waals surface area contributed by atoms with Gasteiger partial charge in [-0.2, -0.15) is 10.2 Å². The van der Waals surface area contributed by atoms with Crippen molar-refractivity contribution in [3.05, 3.63) is 33.8 Å². The van der Waals surface area contributed by atoms with E-state index < -0.39 is 0 Å². The smallest absolute Gasteiger partial charge is 0.271 e. The van der Waals surface area contributed by atoms with Crippen molar-refractivity contribution in [2.45, 2.75) is 33.9 Å². The van der Waals surface area contributed by atoms with Gasteiger partial charge < -0.3 is 5.32 Å². The summed E-state index contributed by atoms with van der Waals surface area (Å²) in [6, 6.07) is 1.71. The Bertz CT molecular complexity index is 616. The summed E-state index contributed by atoms with van der Waals surface area (Å²) in [5.74, 6) is -0.139. The molecule has 0 saturated carbocycles. The molecule has 2 heterocycles. The van der Waals surface area contributed by atoms with Gasteiger partial charge in [-0.25, -0.2) is 4.68 Å². The Morgan fingerprint density at radius 3 is 2.75 bits per heavy atom. The molecule has 0 atom stereocenters. The summed E-state index contributed by atoms with van der Waals surface area (Å²) < 4.78 is 4.55. The summed E-state index contributed by atoms with van der Waals surface area (Å²) in [7, 11) is 0. The van der Waals surface area contributed by atoms with Crippen LogP contribution in [0.1, 0.15) is 35.2 Å². The number of hydrogen-bond acceptors (Lipinski definition) is 3. The average molecular weight is 340 g/mol. The van der Waals surface area contributed by atoms with Crippen LogP contribution in [0.15, 0.2) is 16.7 Å². The van der Waals surface area contributed by atoms with Crippen LogP contribution in [0.3, 0.4) is 0 Å². The lowest BCUT2D eigenvalue weighted by Crippen LogP contribution is -2.24. The normalized spacial score (nSPS) is 10.8.